The van der Waals surface area contributed by atoms with Gasteiger partial charge in [-0.3, -0.25) is 14.9 Å². The second-order valence-corrected chi connectivity index (χ2v) is 6.63. The molecule has 2 heterocycles. The fraction of sp³-hybridized carbons (Fsp3) is 0.438. The molecule has 1 fully saturated rings. The van der Waals surface area contributed by atoms with Gasteiger partial charge in [0.2, 0.25) is 5.91 Å². The topological polar surface area (TPSA) is 78.5 Å². The summed E-state index contributed by atoms with van der Waals surface area (Å²) in [6, 6.07) is 5.29. The van der Waals surface area contributed by atoms with Crippen LogP contribution in [0.1, 0.15) is 24.0 Å². The van der Waals surface area contributed by atoms with Crippen molar-refractivity contribution in [2.45, 2.75) is 36.7 Å². The SMILES string of the molecule is CSc1ccc2c(c1)CCN(C(=O)CC[C@@H]1NC(=O)NC1=O)C2. The number of fused-ring (bicyclic) bond motifs is 1. The van der Waals surface area contributed by atoms with E-state index in [1.165, 1.54) is 16.0 Å². The molecule has 2 aliphatic rings. The first-order valence-corrected chi connectivity index (χ1v) is 8.84. The summed E-state index contributed by atoms with van der Waals surface area (Å²) in [5, 5.41) is 4.70. The lowest BCUT2D eigenvalue weighted by Gasteiger charge is -2.29. The van der Waals surface area contributed by atoms with Gasteiger partial charge >= 0.3 is 6.03 Å². The average Bonchev–Trinajstić information content (AvgIpc) is 2.89. The third-order valence-electron chi connectivity index (χ3n) is 4.28. The number of amides is 4. The normalized spacial score (nSPS) is 20.0. The predicted molar refractivity (Wildman–Crippen MR) is 87.0 cm³/mol. The van der Waals surface area contributed by atoms with Crippen LogP contribution in [0.3, 0.4) is 0 Å². The van der Waals surface area contributed by atoms with Crippen LogP contribution < -0.4 is 10.6 Å². The zero-order chi connectivity index (χ0) is 16.4. The molecule has 7 heteroatoms. The first kappa shape index (κ1) is 15.9. The molecule has 2 aliphatic heterocycles. The molecule has 2 N–H and O–H groups in total. The predicted octanol–water partition coefficient (Wildman–Crippen LogP) is 1.28. The minimum Gasteiger partial charge on any atom is -0.338 e. The van der Waals surface area contributed by atoms with E-state index >= 15 is 0 Å². The summed E-state index contributed by atoms with van der Waals surface area (Å²) >= 11 is 1.72. The maximum Gasteiger partial charge on any atom is 0.322 e. The standard InChI is InChI=1S/C16H19N3O3S/c1-23-12-3-2-11-9-19(7-6-10(11)8-12)14(20)5-4-13-15(21)18-16(22)17-13/h2-3,8,13H,4-7,9H2,1H3,(H2,17,18,21,22)/t13-/m0/s1. The van der Waals surface area contributed by atoms with Crippen LogP contribution in [-0.2, 0) is 22.6 Å². The minimum atomic E-state index is -0.590. The lowest BCUT2D eigenvalue weighted by atomic mass is 9.99. The fourth-order valence-corrected chi connectivity index (χ4v) is 3.42. The zero-order valence-electron chi connectivity index (χ0n) is 12.9. The summed E-state index contributed by atoms with van der Waals surface area (Å²) in [6.45, 7) is 1.32. The van der Waals surface area contributed by atoms with Gasteiger partial charge in [0.1, 0.15) is 6.04 Å². The molecule has 0 aliphatic carbocycles. The highest BCUT2D eigenvalue weighted by atomic mass is 32.2. The van der Waals surface area contributed by atoms with E-state index in [0.29, 0.717) is 19.5 Å². The molecule has 3 rings (SSSR count). The van der Waals surface area contributed by atoms with Gasteiger partial charge in [0, 0.05) is 24.4 Å². The van der Waals surface area contributed by atoms with Crippen molar-refractivity contribution in [3.05, 3.63) is 29.3 Å². The van der Waals surface area contributed by atoms with Gasteiger partial charge in [-0.1, -0.05) is 6.07 Å². The lowest BCUT2D eigenvalue weighted by molar-refractivity contribution is -0.132. The van der Waals surface area contributed by atoms with Crippen LogP contribution in [-0.4, -0.2) is 41.6 Å². The number of hydrogen-bond donors (Lipinski definition) is 2. The van der Waals surface area contributed by atoms with Crippen molar-refractivity contribution in [3.63, 3.8) is 0 Å². The molecule has 4 amide bonds. The smallest absolute Gasteiger partial charge is 0.322 e. The van der Waals surface area contributed by atoms with E-state index in [2.05, 4.69) is 35.1 Å². The Balaban J connectivity index is 1.56. The van der Waals surface area contributed by atoms with E-state index in [9.17, 15) is 14.4 Å². The first-order valence-electron chi connectivity index (χ1n) is 7.62. The molecule has 23 heavy (non-hydrogen) atoms. The number of carbonyl (C=O) groups is 3. The van der Waals surface area contributed by atoms with Crippen LogP contribution in [0.25, 0.3) is 0 Å². The molecule has 0 aromatic heterocycles. The summed E-state index contributed by atoms with van der Waals surface area (Å²) < 4.78 is 0. The first-order chi connectivity index (χ1) is 11.1. The van der Waals surface area contributed by atoms with Crippen LogP contribution in [0.5, 0.6) is 0 Å². The van der Waals surface area contributed by atoms with Crippen LogP contribution in [0.2, 0.25) is 0 Å². The highest BCUT2D eigenvalue weighted by Gasteiger charge is 2.30. The van der Waals surface area contributed by atoms with E-state index in [4.69, 9.17) is 0 Å². The van der Waals surface area contributed by atoms with Crippen molar-refractivity contribution >= 4 is 29.6 Å². The van der Waals surface area contributed by atoms with E-state index in [1.807, 2.05) is 4.90 Å². The van der Waals surface area contributed by atoms with Crippen LogP contribution in [0, 0.1) is 0 Å². The highest BCUT2D eigenvalue weighted by Crippen LogP contribution is 2.25. The second-order valence-electron chi connectivity index (χ2n) is 5.75. The number of rotatable bonds is 4. The maximum absolute atomic E-state index is 12.4. The fourth-order valence-electron chi connectivity index (χ4n) is 2.96. The van der Waals surface area contributed by atoms with Gasteiger partial charge in [-0.15, -0.1) is 11.8 Å². The van der Waals surface area contributed by atoms with Gasteiger partial charge in [-0.05, 0) is 42.4 Å². The summed E-state index contributed by atoms with van der Waals surface area (Å²) in [5.74, 6) is -0.324. The molecule has 0 unspecified atom stereocenters. The van der Waals surface area contributed by atoms with Crippen molar-refractivity contribution in [2.24, 2.45) is 0 Å². The molecular formula is C16H19N3O3S. The third-order valence-corrected chi connectivity index (χ3v) is 5.01. The molecule has 1 saturated heterocycles. The Morgan fingerprint density at radius 1 is 1.35 bits per heavy atom. The molecular weight excluding hydrogens is 314 g/mol. The Morgan fingerprint density at radius 3 is 2.87 bits per heavy atom. The highest BCUT2D eigenvalue weighted by molar-refractivity contribution is 7.98. The number of imide groups is 1. The molecule has 6 nitrogen and oxygen atoms in total. The molecule has 1 atom stereocenters. The van der Waals surface area contributed by atoms with Gasteiger partial charge in [0.15, 0.2) is 0 Å². The van der Waals surface area contributed by atoms with Crippen molar-refractivity contribution in [1.82, 2.24) is 15.5 Å². The molecule has 0 radical (unpaired) electrons. The summed E-state index contributed by atoms with van der Waals surface area (Å²) in [6.07, 6.45) is 3.51. The van der Waals surface area contributed by atoms with Crippen LogP contribution >= 0.6 is 11.8 Å². The Hall–Kier alpha value is -2.02. The Bertz CT molecular complexity index is 662. The monoisotopic (exact) mass is 333 g/mol. The summed E-state index contributed by atoms with van der Waals surface area (Å²) in [7, 11) is 0. The quantitative estimate of drug-likeness (QED) is 0.643. The van der Waals surface area contributed by atoms with Crippen molar-refractivity contribution in [2.75, 3.05) is 12.8 Å². The largest absolute Gasteiger partial charge is 0.338 e. The number of thioether (sulfide) groups is 1. The number of nitrogens with zero attached hydrogens (tertiary/aromatic N) is 1. The van der Waals surface area contributed by atoms with E-state index in [0.717, 1.165) is 6.42 Å². The van der Waals surface area contributed by atoms with Gasteiger partial charge in [-0.25, -0.2) is 4.79 Å². The van der Waals surface area contributed by atoms with Gasteiger partial charge in [0.25, 0.3) is 5.91 Å². The summed E-state index contributed by atoms with van der Waals surface area (Å²) in [4.78, 5) is 38.0. The average molecular weight is 333 g/mol. The molecule has 0 saturated carbocycles. The Morgan fingerprint density at radius 2 is 2.17 bits per heavy atom. The van der Waals surface area contributed by atoms with E-state index < -0.39 is 12.1 Å². The molecule has 122 valence electrons. The Labute approximate surface area is 139 Å². The van der Waals surface area contributed by atoms with Crippen molar-refractivity contribution in [1.29, 1.82) is 0 Å². The minimum absolute atomic E-state index is 0.0264. The van der Waals surface area contributed by atoms with Crippen LogP contribution in [0.15, 0.2) is 23.1 Å². The van der Waals surface area contributed by atoms with Crippen LogP contribution in [0.4, 0.5) is 4.79 Å². The third kappa shape index (κ3) is 3.50. The maximum atomic E-state index is 12.4. The molecule has 0 spiro atoms. The van der Waals surface area contributed by atoms with Crippen molar-refractivity contribution in [3.8, 4) is 0 Å². The number of urea groups is 1. The molecule has 1 aromatic carbocycles. The van der Waals surface area contributed by atoms with E-state index in [1.54, 1.807) is 11.8 Å². The van der Waals surface area contributed by atoms with Gasteiger partial charge < -0.3 is 10.2 Å². The number of hydrogen-bond acceptors (Lipinski definition) is 4. The number of carbonyl (C=O) groups excluding carboxylic acids is 3. The molecule has 1 aromatic rings. The second kappa shape index (κ2) is 6.62. The lowest BCUT2D eigenvalue weighted by Crippen LogP contribution is -2.37. The zero-order valence-corrected chi connectivity index (χ0v) is 13.7. The number of benzene rings is 1. The summed E-state index contributed by atoms with van der Waals surface area (Å²) in [5.41, 5.74) is 2.50. The van der Waals surface area contributed by atoms with Gasteiger partial charge in [0.05, 0.1) is 0 Å². The Kier molecular flexibility index (Phi) is 4.56. The van der Waals surface area contributed by atoms with E-state index in [-0.39, 0.29) is 18.2 Å². The number of nitrogens with one attached hydrogen (secondary N) is 2. The van der Waals surface area contributed by atoms with Gasteiger partial charge in [-0.2, -0.15) is 0 Å². The van der Waals surface area contributed by atoms with Crippen molar-refractivity contribution < 1.29 is 14.4 Å². The molecule has 0 bridgehead atoms.